The fraction of sp³-hybridized carbons (Fsp3) is 0.111. The van der Waals surface area contributed by atoms with E-state index in [0.717, 1.165) is 15.4 Å². The summed E-state index contributed by atoms with van der Waals surface area (Å²) in [6.07, 6.45) is 1.76. The molecule has 1 aromatic heterocycles. The van der Waals surface area contributed by atoms with E-state index in [2.05, 4.69) is 36.5 Å². The highest BCUT2D eigenvalue weighted by molar-refractivity contribution is 9.10. The molecule has 0 saturated carbocycles. The third kappa shape index (κ3) is 4.54. The number of hydrogen-bond acceptors (Lipinski definition) is 4. The average Bonchev–Trinajstić information content (AvgIpc) is 2.62. The number of carboxylic acid groups (broad SMARTS) is 1. The zero-order valence-corrected chi connectivity index (χ0v) is 15.1. The predicted octanol–water partition coefficient (Wildman–Crippen LogP) is 3.21. The number of nitrogens with one attached hydrogen (secondary N) is 2. The summed E-state index contributed by atoms with van der Waals surface area (Å²) >= 11 is 3.37. The number of aromatic nitrogens is 2. The van der Waals surface area contributed by atoms with Gasteiger partial charge < -0.3 is 10.4 Å². The number of carboxylic acids is 1. The van der Waals surface area contributed by atoms with Gasteiger partial charge in [0.25, 0.3) is 0 Å². The number of fused-ring (bicyclic) bond motifs is 1. The number of carbonyl (C=O) groups excluding carboxylic acids is 1. The van der Waals surface area contributed by atoms with Gasteiger partial charge in [-0.25, -0.2) is 19.6 Å². The average molecular weight is 415 g/mol. The van der Waals surface area contributed by atoms with Crippen molar-refractivity contribution in [2.75, 3.05) is 5.32 Å². The van der Waals surface area contributed by atoms with Crippen LogP contribution in [0.2, 0.25) is 0 Å². The second kappa shape index (κ2) is 7.92. The second-order valence-electron chi connectivity index (χ2n) is 5.58. The molecule has 0 saturated heterocycles. The second-order valence-corrected chi connectivity index (χ2v) is 6.49. The van der Waals surface area contributed by atoms with Gasteiger partial charge in [0.2, 0.25) is 5.95 Å². The monoisotopic (exact) mass is 414 g/mol. The molecule has 0 unspecified atom stereocenters. The maximum atomic E-state index is 12.1. The number of urea groups is 1. The molecule has 3 N–H and O–H groups in total. The fourth-order valence-corrected chi connectivity index (χ4v) is 2.79. The minimum atomic E-state index is -1.12. The van der Waals surface area contributed by atoms with Crippen molar-refractivity contribution in [1.82, 2.24) is 15.3 Å². The number of amides is 2. The van der Waals surface area contributed by atoms with Gasteiger partial charge in [0, 0.05) is 22.5 Å². The van der Waals surface area contributed by atoms with Gasteiger partial charge in [-0.15, -0.1) is 0 Å². The fourth-order valence-electron chi connectivity index (χ4n) is 2.41. The van der Waals surface area contributed by atoms with Crippen molar-refractivity contribution < 1.29 is 14.7 Å². The van der Waals surface area contributed by atoms with Crippen LogP contribution in [0.1, 0.15) is 5.56 Å². The van der Waals surface area contributed by atoms with E-state index in [-0.39, 0.29) is 12.4 Å². The molecule has 1 atom stereocenters. The molecular formula is C18H15BrN4O3. The number of carbonyl (C=O) groups is 2. The molecular weight excluding hydrogens is 400 g/mol. The van der Waals surface area contributed by atoms with Gasteiger partial charge in [-0.05, 0) is 23.8 Å². The van der Waals surface area contributed by atoms with Crippen molar-refractivity contribution in [1.29, 1.82) is 0 Å². The first-order valence-corrected chi connectivity index (χ1v) is 8.57. The Hall–Kier alpha value is -3.00. The van der Waals surface area contributed by atoms with Crippen LogP contribution in [0.25, 0.3) is 10.9 Å². The van der Waals surface area contributed by atoms with Crippen LogP contribution in [0.5, 0.6) is 0 Å². The molecule has 0 bridgehead atoms. The summed E-state index contributed by atoms with van der Waals surface area (Å²) in [5.41, 5.74) is 1.48. The van der Waals surface area contributed by atoms with Gasteiger partial charge in [0.05, 0.1) is 5.52 Å². The predicted molar refractivity (Wildman–Crippen MR) is 101 cm³/mol. The van der Waals surface area contributed by atoms with Crippen LogP contribution < -0.4 is 10.6 Å². The van der Waals surface area contributed by atoms with E-state index in [1.165, 1.54) is 0 Å². The molecule has 0 fully saturated rings. The van der Waals surface area contributed by atoms with E-state index in [1.807, 2.05) is 30.3 Å². The summed E-state index contributed by atoms with van der Waals surface area (Å²) in [5.74, 6) is -1.02. The normalized spacial score (nSPS) is 11.7. The quantitative estimate of drug-likeness (QED) is 0.594. The van der Waals surface area contributed by atoms with Crippen molar-refractivity contribution in [3.63, 3.8) is 0 Å². The van der Waals surface area contributed by atoms with E-state index in [9.17, 15) is 14.7 Å². The maximum absolute atomic E-state index is 12.1. The van der Waals surface area contributed by atoms with Crippen LogP contribution in [0.3, 0.4) is 0 Å². The molecule has 132 valence electrons. The minimum absolute atomic E-state index is 0.0983. The number of rotatable bonds is 5. The van der Waals surface area contributed by atoms with Gasteiger partial charge in [-0.1, -0.05) is 46.3 Å². The lowest BCUT2D eigenvalue weighted by Gasteiger charge is -2.15. The van der Waals surface area contributed by atoms with Crippen LogP contribution in [-0.2, 0) is 11.2 Å². The Morgan fingerprint density at radius 1 is 1.15 bits per heavy atom. The third-order valence-corrected chi connectivity index (χ3v) is 4.15. The van der Waals surface area contributed by atoms with Gasteiger partial charge in [0.15, 0.2) is 0 Å². The summed E-state index contributed by atoms with van der Waals surface area (Å²) in [4.78, 5) is 31.9. The SMILES string of the molecule is O=C(Nc1ncc2cc(Br)ccc2n1)N[C@@H](Cc1ccccc1)C(=O)O. The number of benzene rings is 2. The summed E-state index contributed by atoms with van der Waals surface area (Å²) in [7, 11) is 0. The molecule has 26 heavy (non-hydrogen) atoms. The molecule has 0 radical (unpaired) electrons. The Morgan fingerprint density at radius 3 is 2.65 bits per heavy atom. The van der Waals surface area contributed by atoms with Crippen LogP contribution in [0.4, 0.5) is 10.7 Å². The highest BCUT2D eigenvalue weighted by Gasteiger charge is 2.20. The van der Waals surface area contributed by atoms with E-state index < -0.39 is 18.0 Å². The standard InChI is InChI=1S/C18H15BrN4O3/c19-13-6-7-14-12(9-13)10-20-17(21-14)23-18(26)22-15(16(24)25)8-11-4-2-1-3-5-11/h1-7,9-10,15H,8H2,(H,24,25)(H2,20,21,22,23,26)/t15-/m0/s1. The first-order chi connectivity index (χ1) is 12.5. The lowest BCUT2D eigenvalue weighted by Crippen LogP contribution is -2.44. The number of hydrogen-bond donors (Lipinski definition) is 3. The topological polar surface area (TPSA) is 104 Å². The van der Waals surface area contributed by atoms with Crippen molar-refractivity contribution >= 4 is 44.8 Å². The highest BCUT2D eigenvalue weighted by atomic mass is 79.9. The summed E-state index contributed by atoms with van der Waals surface area (Å²) < 4.78 is 0.900. The number of nitrogens with zero attached hydrogens (tertiary/aromatic N) is 2. The molecule has 0 aliphatic heterocycles. The minimum Gasteiger partial charge on any atom is -0.480 e. The summed E-state index contributed by atoms with van der Waals surface area (Å²) in [6, 6.07) is 12.8. The van der Waals surface area contributed by atoms with Gasteiger partial charge >= 0.3 is 12.0 Å². The molecule has 2 amide bonds. The maximum Gasteiger partial charge on any atom is 0.326 e. The Labute approximate surface area is 157 Å². The first kappa shape index (κ1) is 17.8. The van der Waals surface area contributed by atoms with Gasteiger partial charge in [0.1, 0.15) is 6.04 Å². The molecule has 2 aromatic carbocycles. The van der Waals surface area contributed by atoms with Gasteiger partial charge in [-0.3, -0.25) is 5.32 Å². The van der Waals surface area contributed by atoms with E-state index >= 15 is 0 Å². The number of halogens is 1. The van der Waals surface area contributed by atoms with Crippen molar-refractivity contribution in [2.24, 2.45) is 0 Å². The van der Waals surface area contributed by atoms with Crippen molar-refractivity contribution in [3.8, 4) is 0 Å². The van der Waals surface area contributed by atoms with Crippen molar-refractivity contribution in [3.05, 3.63) is 64.8 Å². The molecule has 3 rings (SSSR count). The van der Waals surface area contributed by atoms with E-state index in [4.69, 9.17) is 0 Å². The Morgan fingerprint density at radius 2 is 1.92 bits per heavy atom. The zero-order chi connectivity index (χ0) is 18.5. The van der Waals surface area contributed by atoms with E-state index in [1.54, 1.807) is 24.4 Å². The van der Waals surface area contributed by atoms with E-state index in [0.29, 0.717) is 5.52 Å². The molecule has 8 heteroatoms. The van der Waals surface area contributed by atoms with Gasteiger partial charge in [-0.2, -0.15) is 0 Å². The highest BCUT2D eigenvalue weighted by Crippen LogP contribution is 2.18. The van der Waals surface area contributed by atoms with Crippen LogP contribution in [0.15, 0.2) is 59.2 Å². The van der Waals surface area contributed by atoms with Crippen molar-refractivity contribution in [2.45, 2.75) is 12.5 Å². The molecule has 7 nitrogen and oxygen atoms in total. The lowest BCUT2D eigenvalue weighted by molar-refractivity contribution is -0.139. The molecule has 0 aliphatic rings. The van der Waals surface area contributed by atoms with Crippen LogP contribution >= 0.6 is 15.9 Å². The third-order valence-electron chi connectivity index (χ3n) is 3.65. The Bertz CT molecular complexity index is 950. The Balaban J connectivity index is 1.68. The largest absolute Gasteiger partial charge is 0.480 e. The van der Waals surface area contributed by atoms with Crippen LogP contribution in [-0.4, -0.2) is 33.1 Å². The molecule has 1 heterocycles. The Kier molecular flexibility index (Phi) is 5.43. The summed E-state index contributed by atoms with van der Waals surface area (Å²) in [5, 5.41) is 15.1. The molecule has 3 aromatic rings. The molecule has 0 spiro atoms. The zero-order valence-electron chi connectivity index (χ0n) is 13.5. The number of aliphatic carboxylic acids is 1. The smallest absolute Gasteiger partial charge is 0.326 e. The summed E-state index contributed by atoms with van der Waals surface area (Å²) in [6.45, 7) is 0. The first-order valence-electron chi connectivity index (χ1n) is 7.78. The van der Waals surface area contributed by atoms with Crippen LogP contribution in [0, 0.1) is 0 Å². The molecule has 0 aliphatic carbocycles. The number of anilines is 1. The lowest BCUT2D eigenvalue weighted by atomic mass is 10.1.